The zero-order valence-corrected chi connectivity index (χ0v) is 12.7. The van der Waals surface area contributed by atoms with Gasteiger partial charge in [-0.15, -0.1) is 11.3 Å². The second kappa shape index (κ2) is 5.89. The van der Waals surface area contributed by atoms with Crippen molar-refractivity contribution < 1.29 is 5.11 Å². The van der Waals surface area contributed by atoms with E-state index in [2.05, 4.69) is 31.2 Å². The van der Waals surface area contributed by atoms with Crippen molar-refractivity contribution in [1.29, 1.82) is 0 Å². The van der Waals surface area contributed by atoms with E-state index in [0.717, 1.165) is 24.8 Å². The van der Waals surface area contributed by atoms with Gasteiger partial charge in [-0.25, -0.2) is 0 Å². The fourth-order valence-corrected chi connectivity index (χ4v) is 3.18. The van der Waals surface area contributed by atoms with Gasteiger partial charge in [-0.05, 0) is 53.5 Å². The Morgan fingerprint density at radius 1 is 1.21 bits per heavy atom. The van der Waals surface area contributed by atoms with Gasteiger partial charge >= 0.3 is 0 Å². The fraction of sp³-hybridized carbons (Fsp3) is 0.412. The molecule has 1 heterocycles. The zero-order valence-electron chi connectivity index (χ0n) is 11.9. The molecule has 2 aromatic rings. The molecule has 0 spiro atoms. The van der Waals surface area contributed by atoms with Crippen molar-refractivity contribution in [2.75, 3.05) is 0 Å². The summed E-state index contributed by atoms with van der Waals surface area (Å²) in [5.41, 5.74) is 2.92. The van der Waals surface area contributed by atoms with Gasteiger partial charge in [0.2, 0.25) is 0 Å². The maximum absolute atomic E-state index is 10.6. The summed E-state index contributed by atoms with van der Waals surface area (Å²) < 4.78 is 0. The maximum atomic E-state index is 10.6. The van der Waals surface area contributed by atoms with Crippen molar-refractivity contribution in [3.05, 3.63) is 46.8 Å². The minimum atomic E-state index is -0.690. The van der Waals surface area contributed by atoms with E-state index in [1.165, 1.54) is 16.0 Å². The lowest BCUT2D eigenvalue weighted by molar-refractivity contribution is 0.0283. The summed E-state index contributed by atoms with van der Waals surface area (Å²) in [6, 6.07) is 11.5. The van der Waals surface area contributed by atoms with Gasteiger partial charge in [0.25, 0.3) is 0 Å². The molecule has 0 atom stereocenters. The number of benzene rings is 1. The summed E-state index contributed by atoms with van der Waals surface area (Å²) >= 11 is 1.71. The monoisotopic (exact) mass is 273 g/mol. The molecule has 19 heavy (non-hydrogen) atoms. The molecule has 0 aliphatic heterocycles. The van der Waals surface area contributed by atoms with Crippen LogP contribution in [0.3, 0.4) is 0 Å². The topological polar surface area (TPSA) is 20.2 Å². The summed E-state index contributed by atoms with van der Waals surface area (Å²) in [6.45, 7) is 6.24. The van der Waals surface area contributed by atoms with Crippen molar-refractivity contribution in [3.63, 3.8) is 0 Å². The Morgan fingerprint density at radius 2 is 1.95 bits per heavy atom. The van der Waals surface area contributed by atoms with Crippen LogP contribution in [0.15, 0.2) is 29.6 Å². The third-order valence-electron chi connectivity index (χ3n) is 3.93. The first-order chi connectivity index (χ1) is 9.14. The molecule has 101 valence electrons. The molecule has 0 aliphatic carbocycles. The highest BCUT2D eigenvalue weighted by molar-refractivity contribution is 7.13. The first-order valence-corrected chi connectivity index (χ1v) is 7.83. The van der Waals surface area contributed by atoms with Gasteiger partial charge in [0.15, 0.2) is 0 Å². The second-order valence-corrected chi connectivity index (χ2v) is 5.79. The van der Waals surface area contributed by atoms with Crippen LogP contribution in [0.1, 0.15) is 44.7 Å². The standard InChI is InChI=1S/C17H21OS/c1-4-13-12-14(17(18,5-2)6-3)9-10-15(13)16-8-7-11-19-16/h8-12,18H,4-6H2,1-3H3. The lowest BCUT2D eigenvalue weighted by Gasteiger charge is -2.26. The summed E-state index contributed by atoms with van der Waals surface area (Å²) in [5.74, 6) is 0. The van der Waals surface area contributed by atoms with Crippen LogP contribution in [0.2, 0.25) is 0 Å². The van der Waals surface area contributed by atoms with E-state index < -0.39 is 5.60 Å². The van der Waals surface area contributed by atoms with Crippen molar-refractivity contribution in [1.82, 2.24) is 0 Å². The molecule has 1 radical (unpaired) electrons. The molecule has 0 saturated carbocycles. The molecule has 0 bridgehead atoms. The number of hydrogen-bond donors (Lipinski definition) is 1. The average Bonchev–Trinajstić information content (AvgIpc) is 2.99. The van der Waals surface area contributed by atoms with Gasteiger partial charge in [0.05, 0.1) is 5.60 Å². The van der Waals surface area contributed by atoms with E-state index >= 15 is 0 Å². The Kier molecular flexibility index (Phi) is 4.43. The summed E-state index contributed by atoms with van der Waals surface area (Å²) in [7, 11) is 0. The van der Waals surface area contributed by atoms with Gasteiger partial charge in [-0.1, -0.05) is 39.0 Å². The Labute approximate surface area is 119 Å². The first-order valence-electron chi connectivity index (χ1n) is 6.95. The Balaban J connectivity index is 2.47. The van der Waals surface area contributed by atoms with Crippen LogP contribution in [0.25, 0.3) is 10.4 Å². The van der Waals surface area contributed by atoms with E-state index in [0.29, 0.717) is 0 Å². The van der Waals surface area contributed by atoms with Crippen LogP contribution in [-0.2, 0) is 12.0 Å². The van der Waals surface area contributed by atoms with Crippen molar-refractivity contribution in [2.24, 2.45) is 0 Å². The Bertz CT molecular complexity index is 524. The molecule has 0 amide bonds. The molecular weight excluding hydrogens is 252 g/mol. The number of hydrogen-bond acceptors (Lipinski definition) is 2. The summed E-state index contributed by atoms with van der Waals surface area (Å²) in [5, 5.41) is 12.6. The summed E-state index contributed by atoms with van der Waals surface area (Å²) in [4.78, 5) is 1.25. The van der Waals surface area contributed by atoms with Crippen molar-refractivity contribution in [2.45, 2.75) is 45.6 Å². The van der Waals surface area contributed by atoms with Gasteiger partial charge in [0.1, 0.15) is 0 Å². The maximum Gasteiger partial charge on any atom is 0.0891 e. The highest BCUT2D eigenvalue weighted by Gasteiger charge is 2.25. The minimum Gasteiger partial charge on any atom is -0.385 e. The van der Waals surface area contributed by atoms with Crippen molar-refractivity contribution in [3.8, 4) is 10.4 Å². The Hall–Kier alpha value is -1.12. The molecule has 1 nitrogen and oxygen atoms in total. The predicted molar refractivity (Wildman–Crippen MR) is 82.4 cm³/mol. The zero-order chi connectivity index (χ0) is 13.9. The average molecular weight is 273 g/mol. The molecule has 0 unspecified atom stereocenters. The third-order valence-corrected chi connectivity index (χ3v) is 4.77. The SMILES string of the molecule is CCc1cc(C(O)(CC)CC)ccc1-c1c[c]cs1. The van der Waals surface area contributed by atoms with Gasteiger partial charge in [-0.3, -0.25) is 0 Å². The largest absolute Gasteiger partial charge is 0.385 e. The van der Waals surface area contributed by atoms with Gasteiger partial charge in [0, 0.05) is 4.88 Å². The second-order valence-electron chi connectivity index (χ2n) is 4.88. The molecule has 1 aromatic heterocycles. The van der Waals surface area contributed by atoms with Gasteiger partial charge < -0.3 is 5.11 Å². The number of aliphatic hydroxyl groups is 1. The molecule has 0 saturated heterocycles. The molecule has 0 fully saturated rings. The third kappa shape index (κ3) is 2.75. The molecule has 2 heteroatoms. The molecule has 2 rings (SSSR count). The van der Waals surface area contributed by atoms with Crippen LogP contribution >= 0.6 is 11.3 Å². The lowest BCUT2D eigenvalue weighted by Crippen LogP contribution is -2.23. The van der Waals surface area contributed by atoms with Crippen LogP contribution in [0, 0.1) is 6.07 Å². The van der Waals surface area contributed by atoms with E-state index in [-0.39, 0.29) is 0 Å². The van der Waals surface area contributed by atoms with Crippen LogP contribution in [0.4, 0.5) is 0 Å². The minimum absolute atomic E-state index is 0.690. The predicted octanol–water partition coefficient (Wildman–Crippen LogP) is 4.79. The lowest BCUT2D eigenvalue weighted by atomic mass is 9.86. The Morgan fingerprint density at radius 3 is 2.47 bits per heavy atom. The van der Waals surface area contributed by atoms with E-state index in [9.17, 15) is 5.11 Å². The van der Waals surface area contributed by atoms with Gasteiger partial charge in [-0.2, -0.15) is 0 Å². The first kappa shape index (κ1) is 14.3. The number of aryl methyl sites for hydroxylation is 1. The smallest absolute Gasteiger partial charge is 0.0891 e. The van der Waals surface area contributed by atoms with Crippen LogP contribution in [-0.4, -0.2) is 5.11 Å². The molecule has 1 N–H and O–H groups in total. The van der Waals surface area contributed by atoms with Crippen molar-refractivity contribution >= 4 is 11.3 Å². The number of thiophene rings is 1. The summed E-state index contributed by atoms with van der Waals surface area (Å²) in [6.07, 6.45) is 2.47. The molecule has 0 aliphatic rings. The molecule has 1 aromatic carbocycles. The fourth-order valence-electron chi connectivity index (χ4n) is 2.46. The molecular formula is C17H21OS. The van der Waals surface area contributed by atoms with Crippen LogP contribution in [0.5, 0.6) is 0 Å². The van der Waals surface area contributed by atoms with E-state index in [1.54, 1.807) is 11.3 Å². The number of rotatable bonds is 5. The van der Waals surface area contributed by atoms with E-state index in [4.69, 9.17) is 0 Å². The van der Waals surface area contributed by atoms with Crippen LogP contribution < -0.4 is 0 Å². The normalized spacial score (nSPS) is 11.8. The van der Waals surface area contributed by atoms with E-state index in [1.807, 2.05) is 25.3 Å². The highest BCUT2D eigenvalue weighted by atomic mass is 32.1. The highest BCUT2D eigenvalue weighted by Crippen LogP contribution is 2.34. The quantitative estimate of drug-likeness (QED) is 0.830.